The Morgan fingerprint density at radius 1 is 1.31 bits per heavy atom. The Bertz CT molecular complexity index is 385. The maximum atomic E-state index is 12.0. The summed E-state index contributed by atoms with van der Waals surface area (Å²) < 4.78 is 1.08. The second-order valence-corrected chi connectivity index (χ2v) is 6.28. The molecule has 88 valence electrons. The molecule has 16 heavy (non-hydrogen) atoms. The third kappa shape index (κ3) is 2.98. The molecule has 2 nitrogen and oxygen atoms in total. The Balaban J connectivity index is 1.99. The molecule has 0 spiro atoms. The molecule has 1 fully saturated rings. The third-order valence-electron chi connectivity index (χ3n) is 2.77. The van der Waals surface area contributed by atoms with E-state index >= 15 is 0 Å². The van der Waals surface area contributed by atoms with Gasteiger partial charge in [0.15, 0.2) is 5.78 Å². The zero-order valence-corrected chi connectivity index (χ0v) is 11.2. The van der Waals surface area contributed by atoms with E-state index in [4.69, 9.17) is 23.2 Å². The molecule has 1 aromatic heterocycles. The van der Waals surface area contributed by atoms with Gasteiger partial charge in [-0.1, -0.05) is 29.6 Å². The van der Waals surface area contributed by atoms with Crippen LogP contribution < -0.4 is 0 Å². The SMILES string of the molecule is O=C(CN1CCCCC1)c1cc(Cl)sc1Cl. The van der Waals surface area contributed by atoms with Gasteiger partial charge in [-0.15, -0.1) is 11.3 Å². The number of halogens is 2. The van der Waals surface area contributed by atoms with E-state index in [1.807, 2.05) is 0 Å². The van der Waals surface area contributed by atoms with Crippen LogP contribution in [0.5, 0.6) is 0 Å². The molecule has 0 radical (unpaired) electrons. The Hall–Kier alpha value is -0.0900. The van der Waals surface area contributed by atoms with Crippen LogP contribution in [0.1, 0.15) is 29.6 Å². The van der Waals surface area contributed by atoms with Crippen molar-refractivity contribution in [3.05, 3.63) is 20.3 Å². The van der Waals surface area contributed by atoms with E-state index in [-0.39, 0.29) is 5.78 Å². The van der Waals surface area contributed by atoms with Gasteiger partial charge in [0, 0.05) is 0 Å². The topological polar surface area (TPSA) is 20.3 Å². The van der Waals surface area contributed by atoms with Crippen LogP contribution in [-0.2, 0) is 0 Å². The highest BCUT2D eigenvalue weighted by molar-refractivity contribution is 7.20. The Morgan fingerprint density at radius 3 is 2.56 bits per heavy atom. The number of Topliss-reactive ketones (excluding diaryl/α,β-unsaturated/α-hetero) is 1. The van der Waals surface area contributed by atoms with Crippen molar-refractivity contribution in [1.82, 2.24) is 4.90 Å². The first kappa shape index (κ1) is 12.4. The first-order valence-electron chi connectivity index (χ1n) is 5.37. The maximum absolute atomic E-state index is 12.0. The Kier molecular flexibility index (Phi) is 4.25. The average molecular weight is 278 g/mol. The van der Waals surface area contributed by atoms with Crippen molar-refractivity contribution in [3.8, 4) is 0 Å². The van der Waals surface area contributed by atoms with Crippen LogP contribution in [0.25, 0.3) is 0 Å². The van der Waals surface area contributed by atoms with Crippen molar-refractivity contribution < 1.29 is 4.79 Å². The van der Waals surface area contributed by atoms with Crippen LogP contribution in [0, 0.1) is 0 Å². The molecule has 0 aromatic carbocycles. The van der Waals surface area contributed by atoms with Crippen LogP contribution in [0.4, 0.5) is 0 Å². The smallest absolute Gasteiger partial charge is 0.179 e. The summed E-state index contributed by atoms with van der Waals surface area (Å²) in [5.41, 5.74) is 0.572. The first-order valence-corrected chi connectivity index (χ1v) is 6.94. The number of piperidine rings is 1. The minimum absolute atomic E-state index is 0.0788. The predicted octanol–water partition coefficient (Wildman–Crippen LogP) is 3.72. The van der Waals surface area contributed by atoms with Gasteiger partial charge < -0.3 is 0 Å². The summed E-state index contributed by atoms with van der Waals surface area (Å²) in [6.45, 7) is 2.50. The van der Waals surface area contributed by atoms with Crippen LogP contribution in [0.15, 0.2) is 6.07 Å². The zero-order chi connectivity index (χ0) is 11.5. The number of ketones is 1. The molecule has 2 rings (SSSR count). The van der Waals surface area contributed by atoms with Gasteiger partial charge in [-0.2, -0.15) is 0 Å². The van der Waals surface area contributed by atoms with E-state index < -0.39 is 0 Å². The van der Waals surface area contributed by atoms with Gasteiger partial charge in [0.05, 0.1) is 16.4 Å². The van der Waals surface area contributed by atoms with Gasteiger partial charge in [-0.25, -0.2) is 0 Å². The van der Waals surface area contributed by atoms with Gasteiger partial charge in [-0.3, -0.25) is 9.69 Å². The van der Waals surface area contributed by atoms with E-state index in [2.05, 4.69) is 4.90 Å². The molecule has 2 heterocycles. The third-order valence-corrected chi connectivity index (χ3v) is 4.26. The fourth-order valence-corrected chi connectivity index (χ4v) is 3.44. The first-order chi connectivity index (χ1) is 7.66. The van der Waals surface area contributed by atoms with Crippen molar-refractivity contribution in [2.24, 2.45) is 0 Å². The minimum Gasteiger partial charge on any atom is -0.296 e. The van der Waals surface area contributed by atoms with E-state index in [1.165, 1.54) is 30.6 Å². The number of carbonyl (C=O) groups excluding carboxylic acids is 1. The molecule has 1 aliphatic rings. The average Bonchev–Trinajstić information content (AvgIpc) is 2.59. The molecular formula is C11H13Cl2NOS. The van der Waals surface area contributed by atoms with Crippen LogP contribution in [0.2, 0.25) is 8.67 Å². The largest absolute Gasteiger partial charge is 0.296 e. The summed E-state index contributed by atoms with van der Waals surface area (Å²) in [7, 11) is 0. The Morgan fingerprint density at radius 2 is 2.00 bits per heavy atom. The summed E-state index contributed by atoms with van der Waals surface area (Å²) >= 11 is 13.0. The number of hydrogen-bond acceptors (Lipinski definition) is 3. The van der Waals surface area contributed by atoms with Crippen LogP contribution >= 0.6 is 34.5 Å². The summed E-state index contributed by atoms with van der Waals surface area (Å²) in [6, 6.07) is 1.67. The maximum Gasteiger partial charge on any atom is 0.179 e. The highest BCUT2D eigenvalue weighted by Crippen LogP contribution is 2.31. The molecule has 0 saturated carbocycles. The molecule has 5 heteroatoms. The molecular weight excluding hydrogens is 265 g/mol. The lowest BCUT2D eigenvalue weighted by Gasteiger charge is -2.25. The van der Waals surface area contributed by atoms with Crippen molar-refractivity contribution in [2.45, 2.75) is 19.3 Å². The van der Waals surface area contributed by atoms with Crippen molar-refractivity contribution in [2.75, 3.05) is 19.6 Å². The number of likely N-dealkylation sites (tertiary alicyclic amines) is 1. The molecule has 1 aliphatic heterocycles. The van der Waals surface area contributed by atoms with Gasteiger partial charge >= 0.3 is 0 Å². The molecule has 0 atom stereocenters. The number of thiophene rings is 1. The second kappa shape index (κ2) is 5.50. The summed E-state index contributed by atoms with van der Waals surface area (Å²) in [4.78, 5) is 14.2. The lowest BCUT2D eigenvalue weighted by Crippen LogP contribution is -2.34. The minimum atomic E-state index is 0.0788. The lowest BCUT2D eigenvalue weighted by atomic mass is 10.1. The summed E-state index contributed by atoms with van der Waals surface area (Å²) in [6.07, 6.45) is 3.65. The van der Waals surface area contributed by atoms with Gasteiger partial charge in [-0.05, 0) is 32.0 Å². The van der Waals surface area contributed by atoms with Crippen molar-refractivity contribution in [1.29, 1.82) is 0 Å². The normalized spacial score (nSPS) is 17.6. The lowest BCUT2D eigenvalue weighted by molar-refractivity contribution is 0.0916. The molecule has 0 unspecified atom stereocenters. The number of carbonyl (C=O) groups is 1. The molecule has 0 amide bonds. The van der Waals surface area contributed by atoms with Gasteiger partial charge in [0.1, 0.15) is 4.34 Å². The van der Waals surface area contributed by atoms with Crippen LogP contribution in [0.3, 0.4) is 0 Å². The fraction of sp³-hybridized carbons (Fsp3) is 0.545. The van der Waals surface area contributed by atoms with E-state index in [9.17, 15) is 4.79 Å². The van der Waals surface area contributed by atoms with Crippen LogP contribution in [-0.4, -0.2) is 30.3 Å². The molecule has 0 bridgehead atoms. The van der Waals surface area contributed by atoms with E-state index in [0.29, 0.717) is 20.8 Å². The highest BCUT2D eigenvalue weighted by atomic mass is 35.5. The number of rotatable bonds is 3. The highest BCUT2D eigenvalue weighted by Gasteiger charge is 2.18. The second-order valence-electron chi connectivity index (χ2n) is 4.00. The zero-order valence-electron chi connectivity index (χ0n) is 8.84. The summed E-state index contributed by atoms with van der Waals surface area (Å²) in [5.74, 6) is 0.0788. The number of nitrogens with zero attached hydrogens (tertiary/aromatic N) is 1. The number of hydrogen-bond donors (Lipinski definition) is 0. The molecule has 0 N–H and O–H groups in total. The van der Waals surface area contributed by atoms with E-state index in [1.54, 1.807) is 6.07 Å². The monoisotopic (exact) mass is 277 g/mol. The molecule has 0 aliphatic carbocycles. The predicted molar refractivity (Wildman–Crippen MR) is 69.0 cm³/mol. The van der Waals surface area contributed by atoms with Crippen molar-refractivity contribution in [3.63, 3.8) is 0 Å². The quantitative estimate of drug-likeness (QED) is 0.785. The molecule has 1 saturated heterocycles. The standard InChI is InChI=1S/C11H13Cl2NOS/c12-10-6-8(11(13)16-10)9(15)7-14-4-2-1-3-5-14/h6H,1-5,7H2. The van der Waals surface area contributed by atoms with Gasteiger partial charge in [0.2, 0.25) is 0 Å². The van der Waals surface area contributed by atoms with Crippen molar-refractivity contribution >= 4 is 40.3 Å². The Labute approximate surface area is 109 Å². The fourth-order valence-electron chi connectivity index (χ4n) is 1.94. The van der Waals surface area contributed by atoms with E-state index in [0.717, 1.165) is 13.1 Å². The molecule has 1 aromatic rings. The van der Waals surface area contributed by atoms with Gasteiger partial charge in [0.25, 0.3) is 0 Å². The summed E-state index contributed by atoms with van der Waals surface area (Å²) in [5, 5.41) is 0.